The molecule has 1 heterocycles. The van der Waals surface area contributed by atoms with Crippen LogP contribution in [0.3, 0.4) is 0 Å². The third kappa shape index (κ3) is 1.78. The molecule has 0 spiro atoms. The summed E-state index contributed by atoms with van der Waals surface area (Å²) < 4.78 is 25.8. The molecule has 2 rings (SSSR count). The van der Waals surface area contributed by atoms with Crippen molar-refractivity contribution in [2.24, 2.45) is 0 Å². The molecule has 0 unspecified atom stereocenters. The molecule has 0 aliphatic rings. The predicted molar refractivity (Wildman–Crippen MR) is 57.5 cm³/mol. The summed E-state index contributed by atoms with van der Waals surface area (Å²) in [4.78, 5) is 3.87. The Kier molecular flexibility index (Phi) is 2.65. The highest BCUT2D eigenvalue weighted by Crippen LogP contribution is 2.23. The summed E-state index contributed by atoms with van der Waals surface area (Å²) >= 11 is 0. The fourth-order valence-electron chi connectivity index (χ4n) is 1.42. The highest BCUT2D eigenvalue weighted by Gasteiger charge is 2.07. The van der Waals surface area contributed by atoms with Gasteiger partial charge in [0.1, 0.15) is 0 Å². The summed E-state index contributed by atoms with van der Waals surface area (Å²) in [7, 11) is 0. The van der Waals surface area contributed by atoms with Crippen LogP contribution in [0, 0.1) is 24.0 Å². The van der Waals surface area contributed by atoms with Gasteiger partial charge in [0.05, 0.1) is 5.56 Å². The van der Waals surface area contributed by atoms with Gasteiger partial charge < -0.3 is 0 Å². The highest BCUT2D eigenvalue weighted by atomic mass is 19.2. The number of halogens is 2. The van der Waals surface area contributed by atoms with Crippen LogP contribution in [-0.2, 0) is 0 Å². The van der Waals surface area contributed by atoms with Crippen molar-refractivity contribution < 1.29 is 8.78 Å². The molecular weight excluding hydrogens is 208 g/mol. The Bertz CT molecular complexity index is 570. The Morgan fingerprint density at radius 1 is 1.12 bits per heavy atom. The van der Waals surface area contributed by atoms with E-state index in [2.05, 4.69) is 10.9 Å². The smallest absolute Gasteiger partial charge is 0.159 e. The third-order valence-electron chi connectivity index (χ3n) is 2.21. The van der Waals surface area contributed by atoms with Crippen LogP contribution < -0.4 is 0 Å². The summed E-state index contributed by atoms with van der Waals surface area (Å²) in [6, 6.07) is 5.34. The van der Waals surface area contributed by atoms with Crippen LogP contribution in [0.15, 0.2) is 36.7 Å². The van der Waals surface area contributed by atoms with E-state index in [0.717, 1.165) is 12.1 Å². The first-order valence-electron chi connectivity index (χ1n) is 4.58. The van der Waals surface area contributed by atoms with Crippen molar-refractivity contribution in [3.05, 3.63) is 53.9 Å². The molecule has 0 bridgehead atoms. The van der Waals surface area contributed by atoms with E-state index in [1.807, 2.05) is 0 Å². The van der Waals surface area contributed by atoms with Crippen molar-refractivity contribution in [3.63, 3.8) is 0 Å². The summed E-state index contributed by atoms with van der Waals surface area (Å²) in [5, 5.41) is 0. The second kappa shape index (κ2) is 4.11. The van der Waals surface area contributed by atoms with Gasteiger partial charge in [0.2, 0.25) is 0 Å². The number of pyridine rings is 1. The molecule has 0 aliphatic heterocycles. The Labute approximate surface area is 91.8 Å². The maximum Gasteiger partial charge on any atom is 0.159 e. The maximum atomic E-state index is 13.1. The van der Waals surface area contributed by atoms with E-state index in [4.69, 9.17) is 6.42 Å². The lowest BCUT2D eigenvalue weighted by atomic mass is 10.0. The Morgan fingerprint density at radius 2 is 1.94 bits per heavy atom. The first-order chi connectivity index (χ1) is 7.72. The van der Waals surface area contributed by atoms with Gasteiger partial charge in [-0.2, -0.15) is 0 Å². The van der Waals surface area contributed by atoms with E-state index in [0.29, 0.717) is 16.7 Å². The van der Waals surface area contributed by atoms with Crippen molar-refractivity contribution >= 4 is 0 Å². The number of terminal acetylenes is 1. The fourth-order valence-corrected chi connectivity index (χ4v) is 1.42. The van der Waals surface area contributed by atoms with Crippen molar-refractivity contribution in [1.82, 2.24) is 4.98 Å². The molecule has 2 aromatic rings. The number of hydrogen-bond donors (Lipinski definition) is 0. The van der Waals surface area contributed by atoms with Crippen molar-refractivity contribution in [2.45, 2.75) is 0 Å². The topological polar surface area (TPSA) is 12.9 Å². The monoisotopic (exact) mass is 215 g/mol. The van der Waals surface area contributed by atoms with Gasteiger partial charge in [-0.05, 0) is 23.8 Å². The van der Waals surface area contributed by atoms with E-state index in [9.17, 15) is 8.78 Å². The molecule has 78 valence electrons. The summed E-state index contributed by atoms with van der Waals surface area (Å²) in [5.41, 5.74) is 1.75. The molecule has 0 radical (unpaired) electrons. The predicted octanol–water partition coefficient (Wildman–Crippen LogP) is 3.01. The molecule has 0 aliphatic carbocycles. The van der Waals surface area contributed by atoms with Gasteiger partial charge in [-0.25, -0.2) is 8.78 Å². The van der Waals surface area contributed by atoms with Gasteiger partial charge >= 0.3 is 0 Å². The van der Waals surface area contributed by atoms with Gasteiger partial charge in [-0.3, -0.25) is 4.98 Å². The molecule has 0 saturated heterocycles. The van der Waals surface area contributed by atoms with E-state index in [1.165, 1.54) is 12.3 Å². The Hall–Kier alpha value is -2.21. The average molecular weight is 215 g/mol. The second-order valence-corrected chi connectivity index (χ2v) is 3.19. The largest absolute Gasteiger partial charge is 0.263 e. The highest BCUT2D eigenvalue weighted by molar-refractivity contribution is 5.70. The minimum absolute atomic E-state index is 0.536. The van der Waals surface area contributed by atoms with Gasteiger partial charge in [0.15, 0.2) is 11.6 Å². The quantitative estimate of drug-likeness (QED) is 0.666. The van der Waals surface area contributed by atoms with Crippen LogP contribution in [0.2, 0.25) is 0 Å². The van der Waals surface area contributed by atoms with Crippen LogP contribution in [0.25, 0.3) is 11.1 Å². The van der Waals surface area contributed by atoms with Crippen molar-refractivity contribution in [2.75, 3.05) is 0 Å². The fraction of sp³-hybridized carbons (Fsp3) is 0. The second-order valence-electron chi connectivity index (χ2n) is 3.19. The van der Waals surface area contributed by atoms with E-state index in [-0.39, 0.29) is 0 Å². The number of rotatable bonds is 1. The van der Waals surface area contributed by atoms with Crippen molar-refractivity contribution in [3.8, 4) is 23.5 Å². The lowest BCUT2D eigenvalue weighted by molar-refractivity contribution is 0.509. The zero-order valence-electron chi connectivity index (χ0n) is 8.24. The molecule has 0 N–H and O–H groups in total. The molecule has 0 fully saturated rings. The van der Waals surface area contributed by atoms with E-state index in [1.54, 1.807) is 12.3 Å². The SMILES string of the molecule is C#Cc1cnccc1-c1ccc(F)c(F)c1. The van der Waals surface area contributed by atoms with Gasteiger partial charge in [-0.1, -0.05) is 12.0 Å². The first kappa shape index (κ1) is 10.3. The van der Waals surface area contributed by atoms with Crippen LogP contribution in [0.1, 0.15) is 5.56 Å². The number of hydrogen-bond acceptors (Lipinski definition) is 1. The summed E-state index contributed by atoms with van der Waals surface area (Å²) in [6.45, 7) is 0. The molecule has 16 heavy (non-hydrogen) atoms. The lowest BCUT2D eigenvalue weighted by Gasteiger charge is -2.04. The molecule has 1 aromatic heterocycles. The van der Waals surface area contributed by atoms with E-state index >= 15 is 0 Å². The minimum Gasteiger partial charge on any atom is -0.263 e. The number of benzene rings is 1. The van der Waals surface area contributed by atoms with Gasteiger partial charge in [0, 0.05) is 18.0 Å². The average Bonchev–Trinajstić information content (AvgIpc) is 2.32. The standard InChI is InChI=1S/C13H7F2N/c1-2-9-8-16-6-5-11(9)10-3-4-12(14)13(15)7-10/h1,3-8H. The lowest BCUT2D eigenvalue weighted by Crippen LogP contribution is -1.89. The number of nitrogens with zero attached hydrogens (tertiary/aromatic N) is 1. The Morgan fingerprint density at radius 3 is 2.62 bits per heavy atom. The molecule has 0 atom stereocenters. The van der Waals surface area contributed by atoms with Crippen molar-refractivity contribution in [1.29, 1.82) is 0 Å². The van der Waals surface area contributed by atoms with E-state index < -0.39 is 11.6 Å². The first-order valence-corrected chi connectivity index (χ1v) is 4.58. The summed E-state index contributed by atoms with van der Waals surface area (Å²) in [5.74, 6) is 0.683. The summed E-state index contributed by atoms with van der Waals surface area (Å²) in [6.07, 6.45) is 8.36. The van der Waals surface area contributed by atoms with Crippen LogP contribution in [-0.4, -0.2) is 4.98 Å². The molecule has 0 saturated carbocycles. The van der Waals surface area contributed by atoms with Crippen LogP contribution >= 0.6 is 0 Å². The van der Waals surface area contributed by atoms with Gasteiger partial charge in [0.25, 0.3) is 0 Å². The zero-order valence-corrected chi connectivity index (χ0v) is 8.24. The number of aromatic nitrogens is 1. The van der Waals surface area contributed by atoms with Crippen LogP contribution in [0.4, 0.5) is 8.78 Å². The normalized spacial score (nSPS) is 9.81. The third-order valence-corrected chi connectivity index (χ3v) is 2.21. The van der Waals surface area contributed by atoms with Crippen LogP contribution in [0.5, 0.6) is 0 Å². The molecule has 3 heteroatoms. The molecule has 1 nitrogen and oxygen atoms in total. The zero-order chi connectivity index (χ0) is 11.5. The Balaban J connectivity index is 2.60. The molecule has 1 aromatic carbocycles. The maximum absolute atomic E-state index is 13.1. The minimum atomic E-state index is -0.891. The van der Waals surface area contributed by atoms with Gasteiger partial charge in [-0.15, -0.1) is 6.42 Å². The molecular formula is C13H7F2N. The molecule has 0 amide bonds.